The van der Waals surface area contributed by atoms with Gasteiger partial charge < -0.3 is 20.6 Å². The summed E-state index contributed by atoms with van der Waals surface area (Å²) in [6.07, 6.45) is 10.5. The maximum Gasteiger partial charge on any atom is 0.0587 e. The van der Waals surface area contributed by atoms with Crippen molar-refractivity contribution in [1.82, 2.24) is 9.58 Å². The number of nitrogens with one attached hydrogen (secondary N) is 1. The molecule has 1 fully saturated rings. The third kappa shape index (κ3) is 10.8. The molecule has 1 aliphatic carbocycles. The second kappa shape index (κ2) is 19.4. The monoisotopic (exact) mass is 544 g/mol. The first-order valence-electron chi connectivity index (χ1n) is 14.7. The van der Waals surface area contributed by atoms with Crippen molar-refractivity contribution in [2.75, 3.05) is 18.9 Å². The standard InChI is InChI=1S/C28H38N4.C2H5N.C2H3N.C2H6/c1-5-29-31(4)18-7-6-9-22-12-13-24-20-28(32(27(24)19-22)26-10-8-11-26)23-14-16-25(17-15-23)30-21(2)3;2*1-2-3;1-2/h5,12-17,19-21,26,30H,6-11,18H2,1-4H3;2H,1,3H2;1H3;1-2H3/b29-5-;;;. The molecule has 218 valence electrons. The Kier molecular flexibility index (Phi) is 16.6. The van der Waals surface area contributed by atoms with Crippen molar-refractivity contribution < 1.29 is 0 Å². The molecular weight excluding hydrogens is 492 g/mol. The summed E-state index contributed by atoms with van der Waals surface area (Å²) >= 11 is 0. The number of nitrogens with zero attached hydrogens (tertiary/aromatic N) is 4. The summed E-state index contributed by atoms with van der Waals surface area (Å²) in [4.78, 5) is 0. The molecular formula is C34H52N6. The fraction of sp³-hybridized carbons (Fsp3) is 0.471. The van der Waals surface area contributed by atoms with Crippen LogP contribution in [-0.4, -0.2) is 35.4 Å². The summed E-state index contributed by atoms with van der Waals surface area (Å²) in [6.45, 7) is 15.9. The quantitative estimate of drug-likeness (QED) is 0.152. The number of fused-ring (bicyclic) bond motifs is 1. The van der Waals surface area contributed by atoms with Crippen molar-refractivity contribution in [1.29, 1.82) is 5.26 Å². The van der Waals surface area contributed by atoms with Crippen LogP contribution in [0.3, 0.4) is 0 Å². The van der Waals surface area contributed by atoms with Crippen LogP contribution < -0.4 is 11.1 Å². The lowest BCUT2D eigenvalue weighted by molar-refractivity contribution is 0.324. The van der Waals surface area contributed by atoms with E-state index in [2.05, 4.69) is 89.7 Å². The first kappa shape index (κ1) is 34.3. The van der Waals surface area contributed by atoms with Crippen molar-refractivity contribution in [2.45, 2.75) is 92.2 Å². The number of rotatable bonds is 10. The van der Waals surface area contributed by atoms with Gasteiger partial charge in [-0.3, -0.25) is 0 Å². The number of hydrazone groups is 1. The Morgan fingerprint density at radius 2 is 1.77 bits per heavy atom. The van der Waals surface area contributed by atoms with Crippen molar-refractivity contribution in [2.24, 2.45) is 10.8 Å². The first-order chi connectivity index (χ1) is 19.4. The van der Waals surface area contributed by atoms with E-state index in [1.165, 1.54) is 72.2 Å². The van der Waals surface area contributed by atoms with Crippen LogP contribution in [0.25, 0.3) is 22.2 Å². The van der Waals surface area contributed by atoms with Gasteiger partial charge in [0.2, 0.25) is 0 Å². The Bertz CT molecular complexity index is 1180. The van der Waals surface area contributed by atoms with Crippen LogP contribution in [0.15, 0.2) is 66.4 Å². The number of nitriles is 1. The lowest BCUT2D eigenvalue weighted by Gasteiger charge is -2.30. The predicted molar refractivity (Wildman–Crippen MR) is 176 cm³/mol. The number of benzene rings is 2. The van der Waals surface area contributed by atoms with Gasteiger partial charge in [-0.2, -0.15) is 10.4 Å². The molecule has 0 unspecified atom stereocenters. The Hall–Kier alpha value is -3.72. The van der Waals surface area contributed by atoms with Crippen LogP contribution in [0, 0.1) is 11.3 Å². The van der Waals surface area contributed by atoms with Crippen LogP contribution in [0.1, 0.15) is 85.3 Å². The summed E-state index contributed by atoms with van der Waals surface area (Å²) in [5, 5.41) is 18.5. The molecule has 3 aromatic rings. The number of aromatic nitrogens is 1. The molecule has 0 radical (unpaired) electrons. The van der Waals surface area contributed by atoms with E-state index < -0.39 is 0 Å². The SMILES string of the molecule is C/C=N\N(C)CCCCc1ccc2cc(-c3ccc(NC(C)C)cc3)n(C3CCC3)c2c1.C=CN.CC.CC#N. The smallest absolute Gasteiger partial charge is 0.0587 e. The van der Waals surface area contributed by atoms with Crippen molar-refractivity contribution >= 4 is 22.8 Å². The minimum absolute atomic E-state index is 0.445. The number of anilines is 1. The van der Waals surface area contributed by atoms with Gasteiger partial charge in [-0.1, -0.05) is 44.7 Å². The highest BCUT2D eigenvalue weighted by Gasteiger charge is 2.24. The van der Waals surface area contributed by atoms with Crippen LogP contribution in [-0.2, 0) is 6.42 Å². The van der Waals surface area contributed by atoms with E-state index in [1.807, 2.05) is 39.0 Å². The van der Waals surface area contributed by atoms with Gasteiger partial charge in [0, 0.05) is 61.1 Å². The van der Waals surface area contributed by atoms with E-state index >= 15 is 0 Å². The van der Waals surface area contributed by atoms with Crippen LogP contribution in [0.2, 0.25) is 0 Å². The van der Waals surface area contributed by atoms with Crippen molar-refractivity contribution in [3.8, 4) is 17.3 Å². The molecule has 6 nitrogen and oxygen atoms in total. The number of hydrogen-bond donors (Lipinski definition) is 2. The Morgan fingerprint density at radius 1 is 1.15 bits per heavy atom. The van der Waals surface area contributed by atoms with Gasteiger partial charge in [0.05, 0.1) is 6.07 Å². The van der Waals surface area contributed by atoms with Crippen LogP contribution in [0.4, 0.5) is 5.69 Å². The molecule has 40 heavy (non-hydrogen) atoms. The summed E-state index contributed by atoms with van der Waals surface area (Å²) < 4.78 is 2.62. The Labute approximate surface area is 243 Å². The summed E-state index contributed by atoms with van der Waals surface area (Å²) in [5.74, 6) is 0. The van der Waals surface area contributed by atoms with Crippen molar-refractivity contribution in [3.63, 3.8) is 0 Å². The van der Waals surface area contributed by atoms with Gasteiger partial charge in [0.25, 0.3) is 0 Å². The van der Waals surface area contributed by atoms with Crippen molar-refractivity contribution in [3.05, 3.63) is 66.9 Å². The molecule has 0 spiro atoms. The zero-order valence-electron chi connectivity index (χ0n) is 26.0. The molecule has 4 rings (SSSR count). The fourth-order valence-electron chi connectivity index (χ4n) is 4.68. The van der Waals surface area contributed by atoms with E-state index in [0.29, 0.717) is 12.1 Å². The largest absolute Gasteiger partial charge is 0.405 e. The second-order valence-electron chi connectivity index (χ2n) is 9.93. The first-order valence-corrected chi connectivity index (χ1v) is 14.7. The van der Waals surface area contributed by atoms with Crippen LogP contribution in [0.5, 0.6) is 0 Å². The highest BCUT2D eigenvalue weighted by molar-refractivity contribution is 5.88. The predicted octanol–water partition coefficient (Wildman–Crippen LogP) is 8.76. The van der Waals surface area contributed by atoms with Gasteiger partial charge in [-0.05, 0) is 101 Å². The zero-order valence-corrected chi connectivity index (χ0v) is 26.0. The number of unbranched alkanes of at least 4 members (excludes halogenated alkanes) is 1. The normalized spacial score (nSPS) is 12.2. The van der Waals surface area contributed by atoms with Gasteiger partial charge >= 0.3 is 0 Å². The average molecular weight is 545 g/mol. The topological polar surface area (TPSA) is 82.4 Å². The molecule has 1 aliphatic rings. The molecule has 0 atom stereocenters. The maximum absolute atomic E-state index is 7.32. The lowest BCUT2D eigenvalue weighted by atomic mass is 9.92. The highest BCUT2D eigenvalue weighted by atomic mass is 15.4. The molecule has 0 aliphatic heterocycles. The minimum atomic E-state index is 0.445. The highest BCUT2D eigenvalue weighted by Crippen LogP contribution is 2.40. The van der Waals surface area contributed by atoms with E-state index in [-0.39, 0.29) is 0 Å². The van der Waals surface area contributed by atoms with Gasteiger partial charge in [0.15, 0.2) is 0 Å². The van der Waals surface area contributed by atoms with Gasteiger partial charge in [-0.25, -0.2) is 0 Å². The van der Waals surface area contributed by atoms with Gasteiger partial charge in [-0.15, -0.1) is 0 Å². The van der Waals surface area contributed by atoms with Gasteiger partial charge in [0.1, 0.15) is 0 Å². The average Bonchev–Trinajstić information content (AvgIpc) is 3.26. The molecule has 1 heterocycles. The summed E-state index contributed by atoms with van der Waals surface area (Å²) in [7, 11) is 2.05. The molecule has 3 N–H and O–H groups in total. The Morgan fingerprint density at radius 3 is 2.30 bits per heavy atom. The second-order valence-corrected chi connectivity index (χ2v) is 9.93. The van der Waals surface area contributed by atoms with E-state index in [0.717, 1.165) is 19.4 Å². The molecule has 1 aromatic heterocycles. The number of aryl methyl sites for hydroxylation is 1. The number of nitrogens with two attached hydrogens (primary N) is 1. The molecule has 1 saturated carbocycles. The van der Waals surface area contributed by atoms with E-state index in [9.17, 15) is 0 Å². The molecule has 0 amide bonds. The summed E-state index contributed by atoms with van der Waals surface area (Å²) in [6, 6.07) is 21.3. The number of hydrogen-bond acceptors (Lipinski definition) is 5. The Balaban J connectivity index is 0.000000902. The zero-order chi connectivity index (χ0) is 29.9. The summed E-state index contributed by atoms with van der Waals surface area (Å²) in [5.41, 5.74) is 11.3. The van der Waals surface area contributed by atoms with Crippen LogP contribution >= 0.6 is 0 Å². The molecule has 6 heteroatoms. The van der Waals surface area contributed by atoms with E-state index in [1.54, 1.807) is 6.07 Å². The third-order valence-electron chi connectivity index (χ3n) is 6.49. The molecule has 0 saturated heterocycles. The molecule has 2 aromatic carbocycles. The van der Waals surface area contributed by atoms with E-state index in [4.69, 9.17) is 5.26 Å². The molecule has 0 bridgehead atoms. The third-order valence-corrected chi connectivity index (χ3v) is 6.49. The maximum atomic E-state index is 7.32. The minimum Gasteiger partial charge on any atom is -0.405 e. The lowest BCUT2D eigenvalue weighted by Crippen LogP contribution is -2.17. The fourth-order valence-corrected chi connectivity index (χ4v) is 4.68.